The molecule has 2 aromatic heterocycles. The van der Waals surface area contributed by atoms with Crippen molar-refractivity contribution in [1.29, 1.82) is 0 Å². The van der Waals surface area contributed by atoms with Gasteiger partial charge in [0.1, 0.15) is 22.8 Å². The maximum atomic E-state index is 12.3. The third-order valence-electron chi connectivity index (χ3n) is 9.17. The molecule has 2 aromatic carbocycles. The molecule has 61 heavy (non-hydrogen) atoms. The third-order valence-corrected chi connectivity index (χ3v) is 9.17. The third kappa shape index (κ3) is 14.3. The maximum Gasteiger partial charge on any atom is 0.410 e. The predicted octanol–water partition coefficient (Wildman–Crippen LogP) is 4.84. The van der Waals surface area contributed by atoms with Crippen LogP contribution in [0.3, 0.4) is 0 Å². The maximum absolute atomic E-state index is 12.3. The molecule has 0 saturated carbocycles. The number of hydrogen-bond donors (Lipinski definition) is 9. The number of carboxylic acids is 1. The Morgan fingerprint density at radius 1 is 0.803 bits per heavy atom. The molecule has 6 rings (SSSR count). The van der Waals surface area contributed by atoms with Gasteiger partial charge in [-0.25, -0.2) is 19.6 Å². The van der Waals surface area contributed by atoms with Crippen LogP contribution in [0.5, 0.6) is 0 Å². The minimum atomic E-state index is -1.08. The molecule has 2 fully saturated rings. The Kier molecular flexibility index (Phi) is 15.3. The minimum absolute atomic E-state index is 0.0264. The van der Waals surface area contributed by atoms with Crippen molar-refractivity contribution >= 4 is 76.1 Å². The molecule has 0 bridgehead atoms. The molecule has 0 aliphatic carbocycles. The second-order valence-corrected chi connectivity index (χ2v) is 15.6. The number of rotatable bonds is 14. The molecule has 4 amide bonds. The van der Waals surface area contributed by atoms with Crippen molar-refractivity contribution in [3.8, 4) is 0 Å². The molecule has 4 aromatic rings. The number of anilines is 8. The summed E-state index contributed by atoms with van der Waals surface area (Å²) >= 11 is 0. The van der Waals surface area contributed by atoms with Crippen molar-refractivity contribution < 1.29 is 33.8 Å². The van der Waals surface area contributed by atoms with Crippen LogP contribution in [-0.4, -0.2) is 105 Å². The number of benzene rings is 2. The second-order valence-electron chi connectivity index (χ2n) is 15.6. The van der Waals surface area contributed by atoms with Crippen LogP contribution in [0.1, 0.15) is 68.2 Å². The fourth-order valence-electron chi connectivity index (χ4n) is 6.37. The number of ether oxygens (including phenoxy) is 1. The summed E-state index contributed by atoms with van der Waals surface area (Å²) in [6.07, 6.45) is 4.15. The first-order chi connectivity index (χ1) is 29.0. The molecule has 2 aliphatic heterocycles. The van der Waals surface area contributed by atoms with Crippen molar-refractivity contribution in [2.75, 3.05) is 71.2 Å². The lowest BCUT2D eigenvalue weighted by atomic mass is 10.1. The van der Waals surface area contributed by atoms with Crippen LogP contribution in [0.2, 0.25) is 0 Å². The summed E-state index contributed by atoms with van der Waals surface area (Å²) in [5, 5.41) is 30.5. The fraction of sp³-hybridized carbons (Fsp3) is 0.390. The Labute approximate surface area is 353 Å². The average molecular weight is 840 g/mol. The van der Waals surface area contributed by atoms with Gasteiger partial charge in [-0.1, -0.05) is 12.1 Å². The molecule has 0 radical (unpaired) electrons. The highest BCUT2D eigenvalue weighted by Gasteiger charge is 2.30. The van der Waals surface area contributed by atoms with Crippen LogP contribution < -0.4 is 43.0 Å². The molecule has 2 unspecified atom stereocenters. The van der Waals surface area contributed by atoms with E-state index in [9.17, 15) is 29.1 Å². The smallest absolute Gasteiger partial charge is 0.410 e. The number of aromatic nitrogens is 4. The highest BCUT2D eigenvalue weighted by molar-refractivity contribution is 5.97. The van der Waals surface area contributed by atoms with Gasteiger partial charge in [-0.05, 0) is 94.9 Å². The summed E-state index contributed by atoms with van der Waals surface area (Å²) in [6, 6.07) is 14.2. The van der Waals surface area contributed by atoms with Crippen LogP contribution >= 0.6 is 0 Å². The van der Waals surface area contributed by atoms with Gasteiger partial charge < -0.3 is 57.7 Å². The molecule has 0 spiro atoms. The van der Waals surface area contributed by atoms with Gasteiger partial charge in [0, 0.05) is 75.2 Å². The number of hydrogen-bond acceptors (Lipinski definition) is 15. The Balaban J connectivity index is 0.000000237. The number of nitrogens with zero attached hydrogens (tertiary/aromatic N) is 5. The fourth-order valence-corrected chi connectivity index (χ4v) is 6.37. The molecule has 20 heteroatoms. The van der Waals surface area contributed by atoms with Crippen LogP contribution in [-0.2, 0) is 14.3 Å². The highest BCUT2D eigenvalue weighted by Crippen LogP contribution is 2.24. The van der Waals surface area contributed by atoms with E-state index in [1.165, 1.54) is 26.2 Å². The van der Waals surface area contributed by atoms with E-state index in [2.05, 4.69) is 57.2 Å². The van der Waals surface area contributed by atoms with E-state index in [4.69, 9.17) is 10.5 Å². The highest BCUT2D eigenvalue weighted by atomic mass is 16.6. The van der Waals surface area contributed by atoms with E-state index in [1.54, 1.807) is 53.4 Å². The largest absolute Gasteiger partial charge is 0.477 e. The van der Waals surface area contributed by atoms with Crippen LogP contribution in [0, 0.1) is 11.8 Å². The van der Waals surface area contributed by atoms with Crippen molar-refractivity contribution in [3.63, 3.8) is 0 Å². The topological polar surface area (TPSA) is 280 Å². The Hall–Kier alpha value is -7.09. The first kappa shape index (κ1) is 45.0. The normalized spacial score (nSPS) is 15.7. The first-order valence-corrected chi connectivity index (χ1v) is 19.7. The first-order valence-electron chi connectivity index (χ1n) is 19.7. The van der Waals surface area contributed by atoms with E-state index in [0.717, 1.165) is 25.9 Å². The van der Waals surface area contributed by atoms with E-state index in [1.807, 2.05) is 20.8 Å². The number of carbonyl (C=O) groups is 5. The number of aromatic carboxylic acids is 1. The summed E-state index contributed by atoms with van der Waals surface area (Å²) in [6.45, 7) is 12.5. The summed E-state index contributed by atoms with van der Waals surface area (Å²) < 4.78 is 5.44. The zero-order valence-corrected chi connectivity index (χ0v) is 34.8. The minimum Gasteiger partial charge on any atom is -0.477 e. The lowest BCUT2D eigenvalue weighted by molar-refractivity contribution is -0.115. The monoisotopic (exact) mass is 839 g/mol. The standard InChI is InChI=1S/C23H31N7O4.C18H22N6O3/c1-14(31)27-16-6-5-7-17(10-16)28-21-26-12-18(19(24)32)20(29-21)25-11-15-8-9-30(13-15)22(33)34-23(2,3)4;1-11(25)22-13-3-2-4-14(7-13)23-18-21-10-15(17(26)27)16(24-18)20-9-12-5-6-19-8-12/h5-7,10,12,15H,8-9,11,13H2,1-4H3,(H2,24,32)(H,27,31)(H2,25,26,28,29);2-4,7,10,12,19H,5-6,8-9H2,1H3,(H,22,25)(H,26,27)(H2,20,21,23,24). The van der Waals surface area contributed by atoms with E-state index >= 15 is 0 Å². The number of amides is 4. The van der Waals surface area contributed by atoms with Crippen LogP contribution in [0.15, 0.2) is 60.9 Å². The van der Waals surface area contributed by atoms with Gasteiger partial charge in [0.05, 0.1) is 5.56 Å². The summed E-state index contributed by atoms with van der Waals surface area (Å²) in [5.74, 6) is -0.360. The van der Waals surface area contributed by atoms with Crippen molar-refractivity contribution in [1.82, 2.24) is 30.2 Å². The van der Waals surface area contributed by atoms with Crippen molar-refractivity contribution in [2.24, 2.45) is 17.6 Å². The van der Waals surface area contributed by atoms with Crippen molar-refractivity contribution in [3.05, 3.63) is 72.1 Å². The van der Waals surface area contributed by atoms with Crippen LogP contribution in [0.4, 0.5) is 51.1 Å². The van der Waals surface area contributed by atoms with Crippen molar-refractivity contribution in [2.45, 2.75) is 53.1 Å². The van der Waals surface area contributed by atoms with Gasteiger partial charge in [0.2, 0.25) is 23.7 Å². The van der Waals surface area contributed by atoms with Gasteiger partial charge in [0.25, 0.3) is 5.91 Å². The lowest BCUT2D eigenvalue weighted by Gasteiger charge is -2.24. The number of likely N-dealkylation sites (tertiary alicyclic amines) is 1. The molecule has 4 heterocycles. The van der Waals surface area contributed by atoms with Crippen LogP contribution in [0.25, 0.3) is 0 Å². The molecular weight excluding hydrogens is 787 g/mol. The average Bonchev–Trinajstić information content (AvgIpc) is 3.89. The Bertz CT molecular complexity index is 2210. The number of nitrogens with two attached hydrogens (primary N) is 1. The molecule has 20 nitrogen and oxygen atoms in total. The zero-order valence-electron chi connectivity index (χ0n) is 34.8. The van der Waals surface area contributed by atoms with Gasteiger partial charge >= 0.3 is 12.1 Å². The van der Waals surface area contributed by atoms with Gasteiger partial charge in [-0.15, -0.1) is 0 Å². The predicted molar refractivity (Wildman–Crippen MR) is 231 cm³/mol. The molecule has 2 atom stereocenters. The zero-order chi connectivity index (χ0) is 44.1. The Morgan fingerprint density at radius 2 is 1.33 bits per heavy atom. The summed E-state index contributed by atoms with van der Waals surface area (Å²) in [5.41, 5.74) is 7.75. The Morgan fingerprint density at radius 3 is 1.82 bits per heavy atom. The molecular formula is C41H53N13O7. The second kappa shape index (κ2) is 20.7. The number of nitrogens with one attached hydrogen (secondary N) is 7. The summed E-state index contributed by atoms with van der Waals surface area (Å²) in [7, 11) is 0. The molecule has 10 N–H and O–H groups in total. The lowest BCUT2D eigenvalue weighted by Crippen LogP contribution is -2.35. The quantitative estimate of drug-likeness (QED) is 0.0821. The molecule has 2 aliphatic rings. The number of carbonyl (C=O) groups excluding carboxylic acids is 4. The SMILES string of the molecule is CC(=O)Nc1cccc(Nc2ncc(C(=O)O)c(NCC3CCNC3)n2)c1.CC(=O)Nc1cccc(Nc2ncc(C(N)=O)c(NCC3CCN(C(=O)OC(C)(C)C)C3)n2)c1. The van der Waals surface area contributed by atoms with E-state index in [-0.39, 0.29) is 52.7 Å². The van der Waals surface area contributed by atoms with Gasteiger partial charge in [-0.2, -0.15) is 9.97 Å². The van der Waals surface area contributed by atoms with E-state index in [0.29, 0.717) is 60.7 Å². The van der Waals surface area contributed by atoms with Gasteiger partial charge in [-0.3, -0.25) is 14.4 Å². The number of carboxylic acid groups (broad SMARTS) is 1. The van der Waals surface area contributed by atoms with Gasteiger partial charge in [0.15, 0.2) is 0 Å². The summed E-state index contributed by atoms with van der Waals surface area (Å²) in [4.78, 5) is 76.8. The molecule has 2 saturated heterocycles. The molecule has 324 valence electrons. The number of primary amides is 1. The van der Waals surface area contributed by atoms with E-state index < -0.39 is 17.5 Å².